The minimum absolute atomic E-state index is 0. The first-order valence-electron chi connectivity index (χ1n) is 5.79. The molecule has 0 amide bonds. The Kier molecular flexibility index (Phi) is 6.30. The highest BCUT2D eigenvalue weighted by molar-refractivity contribution is 9.08. The summed E-state index contributed by atoms with van der Waals surface area (Å²) in [6.45, 7) is 0. The fourth-order valence-electron chi connectivity index (χ4n) is 2.06. The van der Waals surface area contributed by atoms with Gasteiger partial charge in [0.05, 0.1) is 5.39 Å². The monoisotopic (exact) mass is 477 g/mol. The summed E-state index contributed by atoms with van der Waals surface area (Å²) >= 11 is 3.43. The van der Waals surface area contributed by atoms with E-state index in [1.165, 1.54) is 11.9 Å². The molecule has 0 bridgehead atoms. The molecule has 0 saturated carbocycles. The van der Waals surface area contributed by atoms with Crippen molar-refractivity contribution < 1.29 is 0 Å². The highest BCUT2D eigenvalue weighted by Gasteiger charge is 2.14. The number of hydrogen-bond acceptors (Lipinski definition) is 4. The lowest BCUT2D eigenvalue weighted by Gasteiger charge is -2.00. The van der Waals surface area contributed by atoms with E-state index < -0.39 is 0 Å². The Hall–Kier alpha value is -0.990. The third-order valence-electron chi connectivity index (χ3n) is 3.03. The van der Waals surface area contributed by atoms with Crippen LogP contribution in [-0.4, -0.2) is 19.7 Å². The lowest BCUT2D eigenvalue weighted by molar-refractivity contribution is 0.788. The fourth-order valence-corrected chi connectivity index (χ4v) is 2.44. The summed E-state index contributed by atoms with van der Waals surface area (Å²) in [4.78, 5) is 8.27. The van der Waals surface area contributed by atoms with Crippen LogP contribution in [0, 0.1) is 0 Å². The number of rotatable bonds is 2. The van der Waals surface area contributed by atoms with Crippen molar-refractivity contribution in [2.24, 2.45) is 7.05 Å². The van der Waals surface area contributed by atoms with E-state index in [2.05, 4.69) is 43.1 Å². The molecule has 112 valence electrons. The van der Waals surface area contributed by atoms with E-state index in [-0.39, 0.29) is 34.0 Å². The molecule has 2 N–H and O–H groups in total. The second kappa shape index (κ2) is 7.33. The largest absolute Gasteiger partial charge is 0.383 e. The topological polar surface area (TPSA) is 69.6 Å². The zero-order valence-corrected chi connectivity index (χ0v) is 16.2. The van der Waals surface area contributed by atoms with Crippen LogP contribution >= 0.6 is 49.9 Å². The van der Waals surface area contributed by atoms with E-state index >= 15 is 0 Å². The summed E-state index contributed by atoms with van der Waals surface area (Å²) in [6, 6.07) is 8.19. The number of alkyl halides is 1. The maximum atomic E-state index is 5.95. The average molecular weight is 480 g/mol. The van der Waals surface area contributed by atoms with Gasteiger partial charge in [-0.3, -0.25) is 0 Å². The van der Waals surface area contributed by atoms with Gasteiger partial charge in [0.25, 0.3) is 0 Å². The number of aromatic nitrogens is 4. The van der Waals surface area contributed by atoms with E-state index in [1.54, 1.807) is 4.68 Å². The van der Waals surface area contributed by atoms with Crippen LogP contribution in [0.1, 0.15) is 5.56 Å². The number of nitrogens with zero attached hydrogens (tertiary/aromatic N) is 4. The molecule has 3 aromatic rings. The number of benzene rings is 1. The lowest BCUT2D eigenvalue weighted by Crippen LogP contribution is -1.95. The molecule has 0 aliphatic carbocycles. The summed E-state index contributed by atoms with van der Waals surface area (Å²) in [7, 11) is 1.85. The molecular weight excluding hydrogens is 466 g/mol. The fraction of sp³-hybridized carbons (Fsp3) is 0.154. The van der Waals surface area contributed by atoms with Gasteiger partial charge in [-0.2, -0.15) is 5.10 Å². The number of hydrogen-bond donors (Lipinski definition) is 1. The SMILES string of the molecule is Br.Br.Cn1nc(-c2ccc(CBr)cc2)c2c(N)ncnc21. The number of nitrogens with two attached hydrogens (primary N) is 1. The van der Waals surface area contributed by atoms with Gasteiger partial charge < -0.3 is 5.73 Å². The Bertz CT molecular complexity index is 739. The third-order valence-corrected chi connectivity index (χ3v) is 3.68. The Morgan fingerprint density at radius 3 is 2.43 bits per heavy atom. The second-order valence-corrected chi connectivity index (χ2v) is 4.82. The van der Waals surface area contributed by atoms with Crippen molar-refractivity contribution >= 4 is 66.7 Å². The molecular formula is C13H14Br3N5. The van der Waals surface area contributed by atoms with Crippen LogP contribution < -0.4 is 5.73 Å². The molecule has 1 aromatic carbocycles. The molecule has 21 heavy (non-hydrogen) atoms. The van der Waals surface area contributed by atoms with Gasteiger partial charge in [0.1, 0.15) is 17.8 Å². The molecule has 8 heteroatoms. The van der Waals surface area contributed by atoms with Crippen molar-refractivity contribution in [2.75, 3.05) is 5.73 Å². The van der Waals surface area contributed by atoms with Crippen molar-refractivity contribution in [2.45, 2.75) is 5.33 Å². The van der Waals surface area contributed by atoms with Crippen LogP contribution in [0.3, 0.4) is 0 Å². The van der Waals surface area contributed by atoms with Gasteiger partial charge in [-0.1, -0.05) is 40.2 Å². The molecule has 0 unspecified atom stereocenters. The van der Waals surface area contributed by atoms with Gasteiger partial charge in [0, 0.05) is 17.9 Å². The number of halogens is 3. The van der Waals surface area contributed by atoms with E-state index in [1.807, 2.05) is 19.2 Å². The molecule has 0 fully saturated rings. The van der Waals surface area contributed by atoms with Crippen molar-refractivity contribution in [3.63, 3.8) is 0 Å². The highest BCUT2D eigenvalue weighted by Crippen LogP contribution is 2.29. The van der Waals surface area contributed by atoms with Gasteiger partial charge in [0.15, 0.2) is 5.65 Å². The molecule has 0 atom stereocenters. The predicted molar refractivity (Wildman–Crippen MR) is 99.4 cm³/mol. The van der Waals surface area contributed by atoms with E-state index in [0.717, 1.165) is 27.6 Å². The second-order valence-electron chi connectivity index (χ2n) is 4.26. The maximum Gasteiger partial charge on any atom is 0.163 e. The van der Waals surface area contributed by atoms with Gasteiger partial charge in [0.2, 0.25) is 0 Å². The number of aryl methyl sites for hydroxylation is 1. The number of nitrogen functional groups attached to an aromatic ring is 1. The Balaban J connectivity index is 0.00000110. The molecule has 0 aliphatic rings. The molecule has 0 saturated heterocycles. The summed E-state index contributed by atoms with van der Waals surface area (Å²) in [6.07, 6.45) is 1.46. The summed E-state index contributed by atoms with van der Waals surface area (Å²) < 4.78 is 1.72. The zero-order valence-electron chi connectivity index (χ0n) is 11.2. The summed E-state index contributed by atoms with van der Waals surface area (Å²) in [5, 5.41) is 6.14. The Morgan fingerprint density at radius 2 is 1.81 bits per heavy atom. The first kappa shape index (κ1) is 18.1. The standard InChI is InChI=1S/C13H12BrN5.2BrH/c1-19-13-10(12(15)16-7-17-13)11(18-19)9-4-2-8(6-14)3-5-9;;/h2-5,7H,6H2,1H3,(H2,15,16,17);2*1H. The molecule has 0 radical (unpaired) electrons. The van der Waals surface area contributed by atoms with Crippen molar-refractivity contribution in [3.8, 4) is 11.3 Å². The highest BCUT2D eigenvalue weighted by atomic mass is 79.9. The van der Waals surface area contributed by atoms with Crippen LogP contribution in [0.25, 0.3) is 22.3 Å². The van der Waals surface area contributed by atoms with E-state index in [4.69, 9.17) is 5.73 Å². The van der Waals surface area contributed by atoms with E-state index in [9.17, 15) is 0 Å². The van der Waals surface area contributed by atoms with Gasteiger partial charge in [-0.25, -0.2) is 14.6 Å². The van der Waals surface area contributed by atoms with E-state index in [0.29, 0.717) is 5.82 Å². The molecule has 5 nitrogen and oxygen atoms in total. The predicted octanol–water partition coefficient (Wildman–Crippen LogP) is 3.66. The third kappa shape index (κ3) is 3.27. The van der Waals surface area contributed by atoms with Crippen LogP contribution in [0.4, 0.5) is 5.82 Å². The average Bonchev–Trinajstić information content (AvgIpc) is 2.78. The molecule has 2 heterocycles. The number of anilines is 1. The first-order valence-corrected chi connectivity index (χ1v) is 6.91. The Morgan fingerprint density at radius 1 is 1.14 bits per heavy atom. The molecule has 3 rings (SSSR count). The lowest BCUT2D eigenvalue weighted by atomic mass is 10.1. The first-order chi connectivity index (χ1) is 9.20. The maximum absolute atomic E-state index is 5.95. The van der Waals surface area contributed by atoms with Crippen molar-refractivity contribution in [1.29, 1.82) is 0 Å². The Labute approximate surface area is 151 Å². The zero-order chi connectivity index (χ0) is 13.4. The summed E-state index contributed by atoms with van der Waals surface area (Å²) in [5.74, 6) is 0.456. The normalized spacial score (nSPS) is 10.0. The van der Waals surface area contributed by atoms with Crippen molar-refractivity contribution in [1.82, 2.24) is 19.7 Å². The van der Waals surface area contributed by atoms with Gasteiger partial charge in [-0.05, 0) is 5.56 Å². The van der Waals surface area contributed by atoms with Crippen LogP contribution in [0.15, 0.2) is 30.6 Å². The van der Waals surface area contributed by atoms with Gasteiger partial charge >= 0.3 is 0 Å². The molecule has 0 aliphatic heterocycles. The smallest absolute Gasteiger partial charge is 0.163 e. The molecule has 2 aromatic heterocycles. The summed E-state index contributed by atoms with van der Waals surface area (Å²) in [5.41, 5.74) is 9.74. The van der Waals surface area contributed by atoms with Crippen LogP contribution in [0.2, 0.25) is 0 Å². The van der Waals surface area contributed by atoms with Crippen LogP contribution in [0.5, 0.6) is 0 Å². The minimum atomic E-state index is 0. The van der Waals surface area contributed by atoms with Crippen LogP contribution in [-0.2, 0) is 12.4 Å². The van der Waals surface area contributed by atoms with Crippen molar-refractivity contribution in [3.05, 3.63) is 36.2 Å². The number of fused-ring (bicyclic) bond motifs is 1. The minimum Gasteiger partial charge on any atom is -0.383 e. The van der Waals surface area contributed by atoms with Gasteiger partial charge in [-0.15, -0.1) is 34.0 Å². The quantitative estimate of drug-likeness (QED) is 0.569. The molecule has 0 spiro atoms.